The van der Waals surface area contributed by atoms with E-state index < -0.39 is 6.09 Å². The Morgan fingerprint density at radius 3 is 2.73 bits per heavy atom. The monoisotopic (exact) mass is 211 g/mol. The van der Waals surface area contributed by atoms with Gasteiger partial charge in [0.1, 0.15) is 0 Å². The zero-order valence-electron chi connectivity index (χ0n) is 9.50. The van der Waals surface area contributed by atoms with E-state index in [0.717, 1.165) is 5.70 Å². The van der Waals surface area contributed by atoms with Crippen LogP contribution in [-0.4, -0.2) is 18.3 Å². The van der Waals surface area contributed by atoms with Crippen LogP contribution in [-0.2, 0) is 4.84 Å². The minimum Gasteiger partial charge on any atom is -0.323 e. The maximum absolute atomic E-state index is 11.0. The maximum Gasteiger partial charge on any atom is 0.432 e. The second-order valence-corrected chi connectivity index (χ2v) is 4.24. The third-order valence-corrected chi connectivity index (χ3v) is 1.91. The summed E-state index contributed by atoms with van der Waals surface area (Å²) >= 11 is 0. The van der Waals surface area contributed by atoms with Gasteiger partial charge in [-0.1, -0.05) is 20.8 Å². The Kier molecular flexibility index (Phi) is 3.24. The Morgan fingerprint density at radius 2 is 2.20 bits per heavy atom. The zero-order chi connectivity index (χ0) is 11.5. The number of hydrazine groups is 1. The lowest BCUT2D eigenvalue weighted by Crippen LogP contribution is -2.41. The molecule has 0 spiro atoms. The van der Waals surface area contributed by atoms with Crippen LogP contribution in [0.2, 0.25) is 0 Å². The molecule has 1 aliphatic heterocycles. The Labute approximate surface area is 89.7 Å². The molecule has 0 aromatic carbocycles. The van der Waals surface area contributed by atoms with Gasteiger partial charge in [-0.05, 0) is 12.2 Å². The first-order valence-electron chi connectivity index (χ1n) is 4.78. The lowest BCUT2D eigenvalue weighted by molar-refractivity contribution is -0.0937. The van der Waals surface area contributed by atoms with Gasteiger partial charge in [-0.2, -0.15) is 0 Å². The Bertz CT molecular complexity index is 302. The van der Waals surface area contributed by atoms with Gasteiger partial charge in [0.05, 0.1) is 6.20 Å². The number of hydrogen-bond donors (Lipinski definition) is 2. The molecule has 0 aromatic heterocycles. The molecule has 0 bridgehead atoms. The standard InChI is InChI=1S/C10H17N3O2/c1-10(2,3)8-6-5-7-13(12-8)15-9(14)11-4/h5-7,12H,1-4H3,(H,11,14). The highest BCUT2D eigenvalue weighted by Crippen LogP contribution is 2.24. The number of carbonyl (C=O) groups is 1. The van der Waals surface area contributed by atoms with Crippen LogP contribution in [0.3, 0.4) is 0 Å². The van der Waals surface area contributed by atoms with Gasteiger partial charge in [-0.15, -0.1) is 5.17 Å². The molecule has 1 aliphatic rings. The lowest BCUT2D eigenvalue weighted by Gasteiger charge is -2.31. The molecule has 1 heterocycles. The fraction of sp³-hybridized carbons (Fsp3) is 0.500. The van der Waals surface area contributed by atoms with E-state index in [0.29, 0.717) is 0 Å². The molecule has 0 saturated carbocycles. The van der Waals surface area contributed by atoms with E-state index in [1.165, 1.54) is 12.2 Å². The number of allylic oxidation sites excluding steroid dienone is 3. The van der Waals surface area contributed by atoms with Gasteiger partial charge in [0, 0.05) is 18.2 Å². The van der Waals surface area contributed by atoms with Crippen LogP contribution in [0.1, 0.15) is 20.8 Å². The molecule has 15 heavy (non-hydrogen) atoms. The number of carbonyl (C=O) groups excluding carboxylic acids is 1. The van der Waals surface area contributed by atoms with Crippen LogP contribution in [0.5, 0.6) is 0 Å². The first-order chi connectivity index (χ1) is 6.93. The quantitative estimate of drug-likeness (QED) is 0.690. The van der Waals surface area contributed by atoms with Crippen molar-refractivity contribution in [1.29, 1.82) is 0 Å². The normalized spacial score (nSPS) is 15.5. The second-order valence-electron chi connectivity index (χ2n) is 4.24. The summed E-state index contributed by atoms with van der Waals surface area (Å²) in [5.74, 6) is 0. The fourth-order valence-electron chi connectivity index (χ4n) is 1.02. The molecule has 5 nitrogen and oxygen atoms in total. The minimum absolute atomic E-state index is 0.0188. The van der Waals surface area contributed by atoms with Gasteiger partial charge in [-0.25, -0.2) is 4.79 Å². The first-order valence-corrected chi connectivity index (χ1v) is 4.78. The second kappa shape index (κ2) is 4.25. The fourth-order valence-corrected chi connectivity index (χ4v) is 1.02. The summed E-state index contributed by atoms with van der Waals surface area (Å²) in [5.41, 5.74) is 3.94. The van der Waals surface area contributed by atoms with Crippen LogP contribution >= 0.6 is 0 Å². The summed E-state index contributed by atoms with van der Waals surface area (Å²) in [7, 11) is 1.51. The molecule has 0 radical (unpaired) electrons. The van der Waals surface area contributed by atoms with Crippen molar-refractivity contribution < 1.29 is 9.63 Å². The molecule has 84 valence electrons. The molecular formula is C10H17N3O2. The molecule has 1 amide bonds. The molecular weight excluding hydrogens is 194 g/mol. The van der Waals surface area contributed by atoms with E-state index in [1.807, 2.05) is 12.2 Å². The Morgan fingerprint density at radius 1 is 1.53 bits per heavy atom. The smallest absolute Gasteiger partial charge is 0.323 e. The Hall–Kier alpha value is -1.65. The predicted molar refractivity (Wildman–Crippen MR) is 57.2 cm³/mol. The van der Waals surface area contributed by atoms with Crippen molar-refractivity contribution in [3.63, 3.8) is 0 Å². The molecule has 0 saturated heterocycles. The van der Waals surface area contributed by atoms with Gasteiger partial charge < -0.3 is 10.2 Å². The summed E-state index contributed by atoms with van der Waals surface area (Å²) in [4.78, 5) is 15.9. The third-order valence-electron chi connectivity index (χ3n) is 1.91. The van der Waals surface area contributed by atoms with Gasteiger partial charge in [0.15, 0.2) is 0 Å². The summed E-state index contributed by atoms with van der Waals surface area (Å²) < 4.78 is 0. The zero-order valence-corrected chi connectivity index (χ0v) is 9.50. The summed E-state index contributed by atoms with van der Waals surface area (Å²) in [5, 5.41) is 3.65. The van der Waals surface area contributed by atoms with Gasteiger partial charge >= 0.3 is 6.09 Å². The van der Waals surface area contributed by atoms with Crippen molar-refractivity contribution >= 4 is 6.09 Å². The molecule has 5 heteroatoms. The highest BCUT2D eigenvalue weighted by atomic mass is 16.7. The molecule has 0 aromatic rings. The van der Waals surface area contributed by atoms with E-state index in [9.17, 15) is 4.79 Å². The summed E-state index contributed by atoms with van der Waals surface area (Å²) in [6, 6.07) is 0. The van der Waals surface area contributed by atoms with Crippen molar-refractivity contribution in [1.82, 2.24) is 15.9 Å². The van der Waals surface area contributed by atoms with Crippen LogP contribution in [0.4, 0.5) is 4.79 Å². The molecule has 2 N–H and O–H groups in total. The van der Waals surface area contributed by atoms with E-state index in [4.69, 9.17) is 4.84 Å². The molecule has 0 fully saturated rings. The van der Waals surface area contributed by atoms with Crippen LogP contribution < -0.4 is 10.7 Å². The largest absolute Gasteiger partial charge is 0.432 e. The van der Waals surface area contributed by atoms with E-state index in [-0.39, 0.29) is 5.41 Å². The van der Waals surface area contributed by atoms with Gasteiger partial charge in [0.25, 0.3) is 0 Å². The van der Waals surface area contributed by atoms with Crippen molar-refractivity contribution in [2.45, 2.75) is 20.8 Å². The topological polar surface area (TPSA) is 53.6 Å². The predicted octanol–water partition coefficient (Wildman–Crippen LogP) is 1.52. The van der Waals surface area contributed by atoms with Gasteiger partial charge in [-0.3, -0.25) is 5.43 Å². The van der Waals surface area contributed by atoms with Crippen LogP contribution in [0, 0.1) is 5.41 Å². The first kappa shape index (κ1) is 11.4. The number of nitrogens with one attached hydrogen (secondary N) is 2. The SMILES string of the molecule is CNC(=O)ON1C=CC=C(C(C)(C)C)N1. The number of hydrogen-bond acceptors (Lipinski definition) is 4. The van der Waals surface area contributed by atoms with Crippen molar-refractivity contribution in [2.75, 3.05) is 7.05 Å². The highest BCUT2D eigenvalue weighted by Gasteiger charge is 2.21. The average molecular weight is 211 g/mol. The molecule has 0 unspecified atom stereocenters. The number of rotatable bonds is 1. The highest BCUT2D eigenvalue weighted by molar-refractivity contribution is 5.66. The summed E-state index contributed by atoms with van der Waals surface area (Å²) in [6.45, 7) is 6.22. The molecule has 0 atom stereocenters. The number of amides is 1. The third kappa shape index (κ3) is 3.19. The van der Waals surface area contributed by atoms with E-state index in [1.54, 1.807) is 6.20 Å². The van der Waals surface area contributed by atoms with Crippen LogP contribution in [0.25, 0.3) is 0 Å². The molecule has 0 aliphatic carbocycles. The van der Waals surface area contributed by atoms with Gasteiger partial charge in [0.2, 0.25) is 0 Å². The number of nitrogens with zero attached hydrogens (tertiary/aromatic N) is 1. The van der Waals surface area contributed by atoms with Crippen molar-refractivity contribution in [2.24, 2.45) is 5.41 Å². The van der Waals surface area contributed by atoms with Crippen molar-refractivity contribution in [3.05, 3.63) is 24.0 Å². The molecule has 1 rings (SSSR count). The van der Waals surface area contributed by atoms with E-state index in [2.05, 4.69) is 31.5 Å². The maximum atomic E-state index is 11.0. The lowest BCUT2D eigenvalue weighted by atomic mass is 9.91. The number of hydroxylamine groups is 1. The van der Waals surface area contributed by atoms with Crippen LogP contribution in [0.15, 0.2) is 24.0 Å². The van der Waals surface area contributed by atoms with E-state index >= 15 is 0 Å². The summed E-state index contributed by atoms with van der Waals surface area (Å²) in [6.07, 6.45) is 4.89. The average Bonchev–Trinajstić information content (AvgIpc) is 2.17. The van der Waals surface area contributed by atoms with Crippen molar-refractivity contribution in [3.8, 4) is 0 Å². The minimum atomic E-state index is -0.512. The Balaban J connectivity index is 2.60.